The van der Waals surface area contributed by atoms with Gasteiger partial charge in [-0.2, -0.15) is 0 Å². The molecule has 1 unspecified atom stereocenters. The van der Waals surface area contributed by atoms with Crippen molar-refractivity contribution in [2.24, 2.45) is 0 Å². The van der Waals surface area contributed by atoms with E-state index in [0.29, 0.717) is 63.3 Å². The molecule has 0 bridgehead atoms. The lowest BCUT2D eigenvalue weighted by Gasteiger charge is -2.32. The number of nitrogens with zero attached hydrogens (tertiary/aromatic N) is 1. The highest BCUT2D eigenvalue weighted by Crippen LogP contribution is 2.41. The number of aliphatic hydroxyl groups is 1. The maximum absolute atomic E-state index is 13.5. The SMILES string of the molecule is COc1cc(C)[nH]c(=O)c1CN1CCc2c(Cl)cc(C(CO)[C@H]3CCCO3)c(Cl)c2C1=O. The van der Waals surface area contributed by atoms with Crippen molar-refractivity contribution in [3.8, 4) is 5.75 Å². The fourth-order valence-corrected chi connectivity index (χ4v) is 5.32. The molecule has 7 nitrogen and oxygen atoms in total. The van der Waals surface area contributed by atoms with Crippen LogP contribution in [-0.2, 0) is 17.7 Å². The highest BCUT2D eigenvalue weighted by molar-refractivity contribution is 6.37. The zero-order valence-electron chi connectivity index (χ0n) is 18.0. The van der Waals surface area contributed by atoms with Crippen molar-refractivity contribution >= 4 is 29.1 Å². The van der Waals surface area contributed by atoms with Gasteiger partial charge in [-0.25, -0.2) is 0 Å². The third-order valence-electron chi connectivity index (χ3n) is 6.29. The maximum atomic E-state index is 13.5. The Hall–Kier alpha value is -2.06. The number of nitrogens with one attached hydrogen (secondary N) is 1. The number of fused-ring (bicyclic) bond motifs is 1. The molecule has 4 rings (SSSR count). The summed E-state index contributed by atoms with van der Waals surface area (Å²) in [4.78, 5) is 30.4. The topological polar surface area (TPSA) is 91.9 Å². The van der Waals surface area contributed by atoms with Crippen LogP contribution in [0.1, 0.15) is 51.5 Å². The minimum absolute atomic E-state index is 0.0877. The van der Waals surface area contributed by atoms with Gasteiger partial charge in [0, 0.05) is 29.8 Å². The van der Waals surface area contributed by atoms with E-state index in [2.05, 4.69) is 4.98 Å². The lowest BCUT2D eigenvalue weighted by molar-refractivity contribution is 0.0665. The number of aliphatic hydroxyl groups excluding tert-OH is 1. The van der Waals surface area contributed by atoms with Gasteiger partial charge in [0.05, 0.1) is 42.5 Å². The van der Waals surface area contributed by atoms with E-state index < -0.39 is 0 Å². The van der Waals surface area contributed by atoms with E-state index in [0.717, 1.165) is 12.8 Å². The van der Waals surface area contributed by atoms with Crippen molar-refractivity contribution in [2.45, 2.75) is 44.8 Å². The van der Waals surface area contributed by atoms with Crippen LogP contribution in [-0.4, -0.2) is 53.9 Å². The van der Waals surface area contributed by atoms with E-state index in [-0.39, 0.29) is 36.6 Å². The van der Waals surface area contributed by atoms with Gasteiger partial charge >= 0.3 is 0 Å². The summed E-state index contributed by atoms with van der Waals surface area (Å²) in [5, 5.41) is 10.8. The fourth-order valence-electron chi connectivity index (χ4n) is 4.62. The molecule has 2 N–H and O–H groups in total. The average Bonchev–Trinajstić information content (AvgIpc) is 3.29. The zero-order chi connectivity index (χ0) is 23.0. The smallest absolute Gasteiger partial charge is 0.256 e. The standard InChI is InChI=1S/C23H26Cl2N2O5/c1-12-8-19(31-2)15(22(29)26-12)10-27-6-5-13-17(24)9-14(21(25)20(13)23(27)30)16(11-28)18-4-3-7-32-18/h8-9,16,18,28H,3-7,10-11H2,1-2H3,(H,26,29)/t16?,18-/m1/s1. The number of aryl methyl sites for hydroxylation is 1. The van der Waals surface area contributed by atoms with Crippen LogP contribution < -0.4 is 10.3 Å². The molecule has 0 saturated carbocycles. The first kappa shape index (κ1) is 23.1. The normalized spacial score (nSPS) is 19.2. The van der Waals surface area contributed by atoms with E-state index >= 15 is 0 Å². The predicted molar refractivity (Wildman–Crippen MR) is 122 cm³/mol. The van der Waals surface area contributed by atoms with Crippen LogP contribution in [0.4, 0.5) is 0 Å². The molecule has 9 heteroatoms. The summed E-state index contributed by atoms with van der Waals surface area (Å²) in [5.41, 5.74) is 2.40. The van der Waals surface area contributed by atoms with Gasteiger partial charge in [-0.1, -0.05) is 23.2 Å². The summed E-state index contributed by atoms with van der Waals surface area (Å²) in [5.74, 6) is -0.233. The van der Waals surface area contributed by atoms with Gasteiger partial charge in [-0.3, -0.25) is 9.59 Å². The number of carbonyl (C=O) groups is 1. The van der Waals surface area contributed by atoms with E-state index in [1.54, 1.807) is 24.0 Å². The second-order valence-corrected chi connectivity index (χ2v) is 9.05. The molecule has 0 aliphatic carbocycles. The number of amides is 1. The molecule has 1 amide bonds. The molecule has 2 aromatic rings. The Labute approximate surface area is 196 Å². The summed E-state index contributed by atoms with van der Waals surface area (Å²) >= 11 is 13.3. The number of H-pyrrole nitrogens is 1. The van der Waals surface area contributed by atoms with Crippen LogP contribution in [0.3, 0.4) is 0 Å². The second kappa shape index (κ2) is 9.43. The molecule has 1 saturated heterocycles. The van der Waals surface area contributed by atoms with E-state index in [9.17, 15) is 14.7 Å². The van der Waals surface area contributed by atoms with Crippen molar-refractivity contribution in [3.63, 3.8) is 0 Å². The first-order chi connectivity index (χ1) is 15.3. The minimum atomic E-state index is -0.365. The molecule has 2 aliphatic heterocycles. The first-order valence-electron chi connectivity index (χ1n) is 10.6. The second-order valence-electron chi connectivity index (χ2n) is 8.26. The predicted octanol–water partition coefficient (Wildman–Crippen LogP) is 3.45. The molecule has 172 valence electrons. The van der Waals surface area contributed by atoms with Crippen LogP contribution in [0.2, 0.25) is 10.0 Å². The molecular weight excluding hydrogens is 455 g/mol. The Morgan fingerprint density at radius 2 is 2.12 bits per heavy atom. The van der Waals surface area contributed by atoms with Crippen LogP contribution >= 0.6 is 23.2 Å². The van der Waals surface area contributed by atoms with Crippen molar-refractivity contribution in [2.75, 3.05) is 26.9 Å². The molecular formula is C23H26Cl2N2O5. The quantitative estimate of drug-likeness (QED) is 0.660. The lowest BCUT2D eigenvalue weighted by Crippen LogP contribution is -2.39. The van der Waals surface area contributed by atoms with E-state index in [4.69, 9.17) is 32.7 Å². The third-order valence-corrected chi connectivity index (χ3v) is 7.03. The fraction of sp³-hybridized carbons (Fsp3) is 0.478. The van der Waals surface area contributed by atoms with Crippen LogP contribution in [0.5, 0.6) is 5.75 Å². The van der Waals surface area contributed by atoms with Crippen molar-refractivity contribution in [1.29, 1.82) is 0 Å². The lowest BCUT2D eigenvalue weighted by atomic mass is 9.87. The summed E-state index contributed by atoms with van der Waals surface area (Å²) in [6.45, 7) is 2.73. The number of aromatic nitrogens is 1. The summed E-state index contributed by atoms with van der Waals surface area (Å²) in [7, 11) is 1.49. The molecule has 1 aromatic carbocycles. The Balaban J connectivity index is 1.71. The van der Waals surface area contributed by atoms with Gasteiger partial charge in [0.2, 0.25) is 0 Å². The monoisotopic (exact) mass is 480 g/mol. The number of ether oxygens (including phenoxy) is 2. The van der Waals surface area contributed by atoms with Gasteiger partial charge in [0.25, 0.3) is 11.5 Å². The first-order valence-corrected chi connectivity index (χ1v) is 11.4. The number of methoxy groups -OCH3 is 1. The Bertz CT molecular complexity index is 1090. The van der Waals surface area contributed by atoms with E-state index in [1.165, 1.54) is 7.11 Å². The molecule has 0 spiro atoms. The van der Waals surface area contributed by atoms with Gasteiger partial charge in [-0.15, -0.1) is 0 Å². The van der Waals surface area contributed by atoms with Gasteiger partial charge < -0.3 is 24.5 Å². The Morgan fingerprint density at radius 1 is 1.34 bits per heavy atom. The number of carbonyl (C=O) groups excluding carboxylic acids is 1. The van der Waals surface area contributed by atoms with Crippen molar-refractivity contribution in [1.82, 2.24) is 9.88 Å². The third kappa shape index (κ3) is 4.15. The number of hydrogen-bond acceptors (Lipinski definition) is 5. The zero-order valence-corrected chi connectivity index (χ0v) is 19.6. The average molecular weight is 481 g/mol. The molecule has 1 fully saturated rings. The highest BCUT2D eigenvalue weighted by Gasteiger charge is 2.35. The number of pyridine rings is 1. The molecule has 2 atom stereocenters. The van der Waals surface area contributed by atoms with Gasteiger partial charge in [-0.05, 0) is 49.4 Å². The number of rotatable bonds is 6. The van der Waals surface area contributed by atoms with Gasteiger partial charge in [0.1, 0.15) is 5.75 Å². The minimum Gasteiger partial charge on any atom is -0.496 e. The summed E-state index contributed by atoms with van der Waals surface area (Å²) in [6, 6.07) is 3.48. The largest absolute Gasteiger partial charge is 0.496 e. The Kier molecular flexibility index (Phi) is 6.81. The Morgan fingerprint density at radius 3 is 2.78 bits per heavy atom. The number of benzene rings is 1. The molecule has 2 aliphatic rings. The number of halogens is 2. The van der Waals surface area contributed by atoms with Crippen LogP contribution in [0.25, 0.3) is 0 Å². The van der Waals surface area contributed by atoms with Crippen molar-refractivity contribution < 1.29 is 19.4 Å². The van der Waals surface area contributed by atoms with Gasteiger partial charge in [0.15, 0.2) is 0 Å². The van der Waals surface area contributed by atoms with Crippen LogP contribution in [0.15, 0.2) is 16.9 Å². The molecule has 0 radical (unpaired) electrons. The summed E-state index contributed by atoms with van der Waals surface area (Å²) in [6.07, 6.45) is 2.07. The highest BCUT2D eigenvalue weighted by atomic mass is 35.5. The maximum Gasteiger partial charge on any atom is 0.256 e. The van der Waals surface area contributed by atoms with Crippen LogP contribution in [0, 0.1) is 6.92 Å². The molecule has 3 heterocycles. The number of hydrogen-bond donors (Lipinski definition) is 2. The number of aromatic amines is 1. The molecule has 32 heavy (non-hydrogen) atoms. The van der Waals surface area contributed by atoms with E-state index in [1.807, 2.05) is 0 Å². The summed E-state index contributed by atoms with van der Waals surface area (Å²) < 4.78 is 11.1. The molecule has 1 aromatic heterocycles. The van der Waals surface area contributed by atoms with Crippen molar-refractivity contribution in [3.05, 3.63) is 60.5 Å².